The van der Waals surface area contributed by atoms with Gasteiger partial charge in [-0.25, -0.2) is 9.59 Å². The Morgan fingerprint density at radius 1 is 1.25 bits per heavy atom. The van der Waals surface area contributed by atoms with E-state index in [1.165, 1.54) is 12.8 Å². The molecule has 3 N–H and O–H groups in total. The number of hydrogen-bond donors (Lipinski definition) is 3. The third kappa shape index (κ3) is 4.39. The van der Waals surface area contributed by atoms with Crippen molar-refractivity contribution in [3.8, 4) is 0 Å². The number of carboxylic acids is 1. The Labute approximate surface area is 121 Å². The van der Waals surface area contributed by atoms with Crippen LogP contribution in [0.3, 0.4) is 0 Å². The van der Waals surface area contributed by atoms with E-state index in [1.54, 1.807) is 0 Å². The smallest absolute Gasteiger partial charge is 0.326 e. The molecule has 1 saturated carbocycles. The number of carbonyl (C=O) groups excluding carboxylic acids is 1. The lowest BCUT2D eigenvalue weighted by atomic mass is 9.83. The SMILES string of the molecule is CC[C@H](C)[C@H](NC(=O)NCC1(CC)CCCC1)C(=O)O. The average molecular weight is 284 g/mol. The topological polar surface area (TPSA) is 78.4 Å². The van der Waals surface area contributed by atoms with Crippen molar-refractivity contribution in [3.63, 3.8) is 0 Å². The monoisotopic (exact) mass is 284 g/mol. The summed E-state index contributed by atoms with van der Waals surface area (Å²) in [6.07, 6.45) is 6.52. The van der Waals surface area contributed by atoms with Crippen LogP contribution < -0.4 is 10.6 Å². The summed E-state index contributed by atoms with van der Waals surface area (Å²) < 4.78 is 0. The second-order valence-electron chi connectivity index (χ2n) is 6.09. The van der Waals surface area contributed by atoms with Crippen LogP contribution in [0.15, 0.2) is 0 Å². The lowest BCUT2D eigenvalue weighted by Crippen LogP contribution is -2.50. The van der Waals surface area contributed by atoms with Crippen molar-refractivity contribution >= 4 is 12.0 Å². The van der Waals surface area contributed by atoms with Gasteiger partial charge in [-0.3, -0.25) is 0 Å². The van der Waals surface area contributed by atoms with Crippen molar-refractivity contribution in [3.05, 3.63) is 0 Å². The van der Waals surface area contributed by atoms with Gasteiger partial charge >= 0.3 is 12.0 Å². The number of rotatable bonds is 7. The highest BCUT2D eigenvalue weighted by molar-refractivity contribution is 5.82. The molecule has 2 amide bonds. The van der Waals surface area contributed by atoms with Crippen molar-refractivity contribution in [2.75, 3.05) is 6.54 Å². The van der Waals surface area contributed by atoms with Gasteiger partial charge in [0.2, 0.25) is 0 Å². The second kappa shape index (κ2) is 7.50. The maximum absolute atomic E-state index is 11.9. The zero-order chi connectivity index (χ0) is 15.2. The Bertz CT molecular complexity index is 338. The minimum absolute atomic E-state index is 0.0788. The number of amides is 2. The Morgan fingerprint density at radius 3 is 2.30 bits per heavy atom. The maximum Gasteiger partial charge on any atom is 0.326 e. The van der Waals surface area contributed by atoms with Crippen LogP contribution in [0.2, 0.25) is 0 Å². The normalized spacial score (nSPS) is 20.1. The fourth-order valence-electron chi connectivity index (χ4n) is 2.92. The first-order valence-electron chi connectivity index (χ1n) is 7.71. The van der Waals surface area contributed by atoms with Crippen LogP contribution in [0.4, 0.5) is 4.79 Å². The molecule has 1 fully saturated rings. The maximum atomic E-state index is 11.9. The fourth-order valence-corrected chi connectivity index (χ4v) is 2.92. The van der Waals surface area contributed by atoms with E-state index in [0.717, 1.165) is 25.7 Å². The third-order valence-corrected chi connectivity index (χ3v) is 4.80. The van der Waals surface area contributed by atoms with Gasteiger partial charge in [-0.2, -0.15) is 0 Å². The van der Waals surface area contributed by atoms with Crippen LogP contribution in [-0.4, -0.2) is 29.7 Å². The van der Waals surface area contributed by atoms with Crippen LogP contribution in [0, 0.1) is 11.3 Å². The van der Waals surface area contributed by atoms with Gasteiger partial charge in [0, 0.05) is 6.54 Å². The number of urea groups is 1. The summed E-state index contributed by atoms with van der Waals surface area (Å²) in [5, 5.41) is 14.6. The summed E-state index contributed by atoms with van der Waals surface area (Å²) in [6, 6.07) is -1.18. The molecule has 116 valence electrons. The largest absolute Gasteiger partial charge is 0.480 e. The molecule has 5 heteroatoms. The van der Waals surface area contributed by atoms with Gasteiger partial charge in [-0.05, 0) is 30.6 Å². The third-order valence-electron chi connectivity index (χ3n) is 4.80. The summed E-state index contributed by atoms with van der Waals surface area (Å²) in [6.45, 7) is 6.56. The van der Waals surface area contributed by atoms with E-state index in [9.17, 15) is 9.59 Å². The molecule has 0 aromatic rings. The molecule has 1 aliphatic carbocycles. The molecule has 1 rings (SSSR count). The highest BCUT2D eigenvalue weighted by atomic mass is 16.4. The number of carboxylic acid groups (broad SMARTS) is 1. The first-order chi connectivity index (χ1) is 9.44. The van der Waals surface area contributed by atoms with Gasteiger partial charge in [-0.15, -0.1) is 0 Å². The van der Waals surface area contributed by atoms with Gasteiger partial charge in [0.15, 0.2) is 0 Å². The Balaban J connectivity index is 2.47. The van der Waals surface area contributed by atoms with Crippen molar-refractivity contribution in [2.45, 2.75) is 65.3 Å². The quantitative estimate of drug-likeness (QED) is 0.672. The predicted octanol–water partition coefficient (Wildman–Crippen LogP) is 2.76. The summed E-state index contributed by atoms with van der Waals surface area (Å²) in [7, 11) is 0. The Kier molecular flexibility index (Phi) is 6.30. The van der Waals surface area contributed by atoms with Crippen molar-refractivity contribution in [1.82, 2.24) is 10.6 Å². The molecule has 0 aliphatic heterocycles. The van der Waals surface area contributed by atoms with Crippen molar-refractivity contribution in [1.29, 1.82) is 0 Å². The van der Waals surface area contributed by atoms with Gasteiger partial charge in [0.1, 0.15) is 6.04 Å². The molecular weight excluding hydrogens is 256 g/mol. The van der Waals surface area contributed by atoms with E-state index < -0.39 is 12.0 Å². The first kappa shape index (κ1) is 16.8. The van der Waals surface area contributed by atoms with Crippen molar-refractivity contribution < 1.29 is 14.7 Å². The summed E-state index contributed by atoms with van der Waals surface area (Å²) in [5.74, 6) is -1.05. The number of carbonyl (C=O) groups is 2. The fraction of sp³-hybridized carbons (Fsp3) is 0.867. The van der Waals surface area contributed by atoms with Gasteiger partial charge in [0.05, 0.1) is 0 Å². The van der Waals surface area contributed by atoms with Gasteiger partial charge in [-0.1, -0.05) is 40.0 Å². The van der Waals surface area contributed by atoms with E-state index in [4.69, 9.17) is 5.11 Å². The number of nitrogens with one attached hydrogen (secondary N) is 2. The van der Waals surface area contributed by atoms with Gasteiger partial charge in [0.25, 0.3) is 0 Å². The van der Waals surface area contributed by atoms with Crippen LogP contribution >= 0.6 is 0 Å². The zero-order valence-electron chi connectivity index (χ0n) is 12.9. The molecule has 1 aliphatic rings. The molecule has 5 nitrogen and oxygen atoms in total. The molecule has 2 atom stereocenters. The van der Waals surface area contributed by atoms with E-state index in [-0.39, 0.29) is 17.4 Å². The number of hydrogen-bond acceptors (Lipinski definition) is 2. The molecule has 0 saturated heterocycles. The lowest BCUT2D eigenvalue weighted by Gasteiger charge is -2.28. The molecule has 20 heavy (non-hydrogen) atoms. The predicted molar refractivity (Wildman–Crippen MR) is 78.6 cm³/mol. The number of aliphatic carboxylic acids is 1. The molecule has 0 bridgehead atoms. The summed E-state index contributed by atoms with van der Waals surface area (Å²) in [5.41, 5.74) is 0.215. The molecule has 0 spiro atoms. The lowest BCUT2D eigenvalue weighted by molar-refractivity contribution is -0.140. The van der Waals surface area contributed by atoms with Crippen LogP contribution in [-0.2, 0) is 4.79 Å². The highest BCUT2D eigenvalue weighted by Crippen LogP contribution is 2.40. The minimum Gasteiger partial charge on any atom is -0.480 e. The Morgan fingerprint density at radius 2 is 1.85 bits per heavy atom. The zero-order valence-corrected chi connectivity index (χ0v) is 12.9. The molecule has 0 unspecified atom stereocenters. The molecule has 0 aromatic heterocycles. The summed E-state index contributed by atoms with van der Waals surface area (Å²) in [4.78, 5) is 23.1. The standard InChI is InChI=1S/C15H28N2O3/c1-4-11(3)12(13(18)19)17-14(20)16-10-15(5-2)8-6-7-9-15/h11-12H,4-10H2,1-3H3,(H,18,19)(H2,16,17,20)/t11-,12-/m0/s1. The van der Waals surface area contributed by atoms with E-state index in [0.29, 0.717) is 6.54 Å². The van der Waals surface area contributed by atoms with Crippen LogP contribution in [0.5, 0.6) is 0 Å². The van der Waals surface area contributed by atoms with E-state index in [2.05, 4.69) is 17.6 Å². The highest BCUT2D eigenvalue weighted by Gasteiger charge is 2.33. The van der Waals surface area contributed by atoms with Gasteiger partial charge < -0.3 is 15.7 Å². The minimum atomic E-state index is -0.972. The van der Waals surface area contributed by atoms with E-state index >= 15 is 0 Å². The van der Waals surface area contributed by atoms with E-state index in [1.807, 2.05) is 13.8 Å². The first-order valence-corrected chi connectivity index (χ1v) is 7.71. The van der Waals surface area contributed by atoms with Crippen LogP contribution in [0.1, 0.15) is 59.3 Å². The molecule has 0 radical (unpaired) electrons. The molecular formula is C15H28N2O3. The molecule has 0 aromatic carbocycles. The van der Waals surface area contributed by atoms with Crippen molar-refractivity contribution in [2.24, 2.45) is 11.3 Å². The second-order valence-corrected chi connectivity index (χ2v) is 6.09. The van der Waals surface area contributed by atoms with Crippen LogP contribution in [0.25, 0.3) is 0 Å². The molecule has 0 heterocycles. The average Bonchev–Trinajstić information content (AvgIpc) is 2.91. The Hall–Kier alpha value is -1.26. The summed E-state index contributed by atoms with van der Waals surface area (Å²) >= 11 is 0.